The molecule has 0 fully saturated rings. The van der Waals surface area contributed by atoms with Crippen molar-refractivity contribution in [1.82, 2.24) is 0 Å². The van der Waals surface area contributed by atoms with Gasteiger partial charge < -0.3 is 9.84 Å². The number of carbonyl (C=O) groups excluding carboxylic acids is 1. The highest BCUT2D eigenvalue weighted by Gasteiger charge is 2.02. The van der Waals surface area contributed by atoms with E-state index in [2.05, 4.69) is 0 Å². The molecule has 0 saturated carbocycles. The smallest absolute Gasteiger partial charge is 0.159 e. The maximum absolute atomic E-state index is 11.0. The zero-order valence-corrected chi connectivity index (χ0v) is 9.06. The molecule has 0 aromatic heterocycles. The Balaban J connectivity index is 2.53. The number of rotatable bonds is 5. The van der Waals surface area contributed by atoms with E-state index in [-0.39, 0.29) is 18.3 Å². The second-order valence-corrected chi connectivity index (χ2v) is 3.68. The number of aliphatic hydroxyl groups excluding tert-OH is 1. The number of hydrogen-bond acceptors (Lipinski definition) is 3. The molecule has 3 nitrogen and oxygen atoms in total. The lowest BCUT2D eigenvalue weighted by Gasteiger charge is -2.10. The summed E-state index contributed by atoms with van der Waals surface area (Å²) < 4.78 is 5.42. The summed E-state index contributed by atoms with van der Waals surface area (Å²) in [6, 6.07) is 7.00. The van der Waals surface area contributed by atoms with Crippen LogP contribution in [0.5, 0.6) is 5.75 Å². The van der Waals surface area contributed by atoms with Crippen LogP contribution in [-0.4, -0.2) is 24.1 Å². The van der Waals surface area contributed by atoms with E-state index in [4.69, 9.17) is 9.84 Å². The Labute approximate surface area is 89.7 Å². The standard InChI is InChI=1S/C12H16O3/c1-9(7-13)8-15-12-5-3-11(4-6-12)10(2)14/h3-6,9,13H,7-8H2,1-2H3/t9-/m0/s1. The minimum Gasteiger partial charge on any atom is -0.493 e. The first-order chi connectivity index (χ1) is 7.13. The molecule has 0 aliphatic rings. The Morgan fingerprint density at radius 2 is 2.00 bits per heavy atom. The third-order valence-corrected chi connectivity index (χ3v) is 2.11. The minimum absolute atomic E-state index is 0.0466. The summed E-state index contributed by atoms with van der Waals surface area (Å²) in [5.41, 5.74) is 0.678. The zero-order chi connectivity index (χ0) is 11.3. The maximum atomic E-state index is 11.0. The van der Waals surface area contributed by atoms with Crippen LogP contribution in [0.4, 0.5) is 0 Å². The highest BCUT2D eigenvalue weighted by atomic mass is 16.5. The van der Waals surface area contributed by atoms with E-state index in [0.717, 1.165) is 5.75 Å². The largest absolute Gasteiger partial charge is 0.493 e. The lowest BCUT2D eigenvalue weighted by atomic mass is 10.1. The topological polar surface area (TPSA) is 46.5 Å². The molecule has 1 N–H and O–H groups in total. The lowest BCUT2D eigenvalue weighted by molar-refractivity contribution is 0.101. The molecule has 0 amide bonds. The second-order valence-electron chi connectivity index (χ2n) is 3.68. The second kappa shape index (κ2) is 5.51. The minimum atomic E-state index is 0.0466. The Hall–Kier alpha value is -1.35. The summed E-state index contributed by atoms with van der Waals surface area (Å²) >= 11 is 0. The van der Waals surface area contributed by atoms with Crippen LogP contribution in [0, 0.1) is 5.92 Å². The average Bonchev–Trinajstić information content (AvgIpc) is 2.26. The normalized spacial score (nSPS) is 12.2. The van der Waals surface area contributed by atoms with Gasteiger partial charge in [-0.05, 0) is 31.2 Å². The number of ether oxygens (including phenoxy) is 1. The Kier molecular flexibility index (Phi) is 4.31. The van der Waals surface area contributed by atoms with E-state index in [1.807, 2.05) is 6.92 Å². The summed E-state index contributed by atoms with van der Waals surface area (Å²) in [5, 5.41) is 8.81. The van der Waals surface area contributed by atoms with Gasteiger partial charge in [-0.1, -0.05) is 6.92 Å². The molecule has 0 unspecified atom stereocenters. The van der Waals surface area contributed by atoms with Gasteiger partial charge in [-0.15, -0.1) is 0 Å². The van der Waals surface area contributed by atoms with Gasteiger partial charge in [0.15, 0.2) is 5.78 Å². The Morgan fingerprint density at radius 3 is 2.47 bits per heavy atom. The van der Waals surface area contributed by atoms with E-state index in [9.17, 15) is 4.79 Å². The van der Waals surface area contributed by atoms with E-state index < -0.39 is 0 Å². The highest BCUT2D eigenvalue weighted by molar-refractivity contribution is 5.94. The number of Topliss-reactive ketones (excluding diaryl/α,β-unsaturated/α-hetero) is 1. The van der Waals surface area contributed by atoms with E-state index in [1.54, 1.807) is 24.3 Å². The summed E-state index contributed by atoms with van der Waals surface area (Å²) in [6.45, 7) is 4.04. The first-order valence-electron chi connectivity index (χ1n) is 4.98. The summed E-state index contributed by atoms with van der Waals surface area (Å²) in [4.78, 5) is 11.0. The van der Waals surface area contributed by atoms with Crippen LogP contribution in [-0.2, 0) is 0 Å². The third kappa shape index (κ3) is 3.72. The molecular formula is C12H16O3. The number of carbonyl (C=O) groups is 1. The van der Waals surface area contributed by atoms with Crippen molar-refractivity contribution < 1.29 is 14.6 Å². The van der Waals surface area contributed by atoms with Crippen LogP contribution in [0.15, 0.2) is 24.3 Å². The predicted octanol–water partition coefficient (Wildman–Crippen LogP) is 1.90. The van der Waals surface area contributed by atoms with Crippen molar-refractivity contribution in [1.29, 1.82) is 0 Å². The van der Waals surface area contributed by atoms with Gasteiger partial charge in [-0.2, -0.15) is 0 Å². The molecule has 0 spiro atoms. The first-order valence-corrected chi connectivity index (χ1v) is 4.98. The number of ketones is 1. The third-order valence-electron chi connectivity index (χ3n) is 2.11. The zero-order valence-electron chi connectivity index (χ0n) is 9.06. The van der Waals surface area contributed by atoms with Crippen molar-refractivity contribution >= 4 is 5.78 Å². The summed E-state index contributed by atoms with van der Waals surface area (Å²) in [7, 11) is 0. The van der Waals surface area contributed by atoms with E-state index in [1.165, 1.54) is 6.92 Å². The maximum Gasteiger partial charge on any atom is 0.159 e. The van der Waals surface area contributed by atoms with Crippen LogP contribution < -0.4 is 4.74 Å². The molecule has 0 radical (unpaired) electrons. The molecule has 3 heteroatoms. The van der Waals surface area contributed by atoms with Gasteiger partial charge in [0.2, 0.25) is 0 Å². The van der Waals surface area contributed by atoms with Crippen molar-refractivity contribution in [2.45, 2.75) is 13.8 Å². The van der Waals surface area contributed by atoms with Crippen LogP contribution in [0.25, 0.3) is 0 Å². The molecule has 0 saturated heterocycles. The van der Waals surface area contributed by atoms with Crippen molar-refractivity contribution in [2.24, 2.45) is 5.92 Å². The summed E-state index contributed by atoms with van der Waals surface area (Å²) in [5.74, 6) is 0.892. The molecule has 0 aliphatic heterocycles. The number of hydrogen-bond donors (Lipinski definition) is 1. The number of benzene rings is 1. The van der Waals surface area contributed by atoms with Crippen LogP contribution >= 0.6 is 0 Å². The molecule has 1 aromatic carbocycles. The molecule has 15 heavy (non-hydrogen) atoms. The van der Waals surface area contributed by atoms with Gasteiger partial charge in [0, 0.05) is 18.1 Å². The van der Waals surface area contributed by atoms with Gasteiger partial charge >= 0.3 is 0 Å². The fraction of sp³-hybridized carbons (Fsp3) is 0.417. The van der Waals surface area contributed by atoms with Gasteiger partial charge in [0.05, 0.1) is 6.61 Å². The van der Waals surface area contributed by atoms with Gasteiger partial charge in [-0.3, -0.25) is 4.79 Å². The van der Waals surface area contributed by atoms with Crippen LogP contribution in [0.3, 0.4) is 0 Å². The molecule has 1 aromatic rings. The number of aliphatic hydroxyl groups is 1. The molecule has 0 heterocycles. The van der Waals surface area contributed by atoms with E-state index in [0.29, 0.717) is 12.2 Å². The molecule has 1 atom stereocenters. The van der Waals surface area contributed by atoms with Crippen molar-refractivity contribution in [2.75, 3.05) is 13.2 Å². The molecule has 1 rings (SSSR count). The first kappa shape index (κ1) is 11.7. The molecule has 0 aliphatic carbocycles. The lowest BCUT2D eigenvalue weighted by Crippen LogP contribution is -2.12. The molecule has 82 valence electrons. The fourth-order valence-electron chi connectivity index (χ4n) is 1.08. The monoisotopic (exact) mass is 208 g/mol. The molecular weight excluding hydrogens is 192 g/mol. The van der Waals surface area contributed by atoms with Crippen LogP contribution in [0.1, 0.15) is 24.2 Å². The fourth-order valence-corrected chi connectivity index (χ4v) is 1.08. The Morgan fingerprint density at radius 1 is 1.40 bits per heavy atom. The molecule has 0 bridgehead atoms. The quantitative estimate of drug-likeness (QED) is 0.752. The SMILES string of the molecule is CC(=O)c1ccc(OC[C@@H](C)CO)cc1. The van der Waals surface area contributed by atoms with Crippen LogP contribution in [0.2, 0.25) is 0 Å². The van der Waals surface area contributed by atoms with Gasteiger partial charge in [0.1, 0.15) is 5.75 Å². The average molecular weight is 208 g/mol. The Bertz CT molecular complexity index is 316. The highest BCUT2D eigenvalue weighted by Crippen LogP contribution is 2.13. The van der Waals surface area contributed by atoms with Crippen molar-refractivity contribution in [3.05, 3.63) is 29.8 Å². The summed E-state index contributed by atoms with van der Waals surface area (Å²) in [6.07, 6.45) is 0. The van der Waals surface area contributed by atoms with Gasteiger partial charge in [-0.25, -0.2) is 0 Å². The van der Waals surface area contributed by atoms with Crippen molar-refractivity contribution in [3.63, 3.8) is 0 Å². The van der Waals surface area contributed by atoms with E-state index >= 15 is 0 Å². The van der Waals surface area contributed by atoms with Crippen molar-refractivity contribution in [3.8, 4) is 5.75 Å². The predicted molar refractivity (Wildman–Crippen MR) is 58.2 cm³/mol. The van der Waals surface area contributed by atoms with Gasteiger partial charge in [0.25, 0.3) is 0 Å².